The molecule has 204 valence electrons. The van der Waals surface area contributed by atoms with Crippen molar-refractivity contribution in [2.45, 2.75) is 13.1 Å². The lowest BCUT2D eigenvalue weighted by atomic mass is 10.1. The molecular formula is C28H18ClN5O5S2. The van der Waals surface area contributed by atoms with Crippen LogP contribution >= 0.6 is 34.5 Å². The van der Waals surface area contributed by atoms with Gasteiger partial charge in [0.25, 0.3) is 17.2 Å². The number of carboxylic acids is 1. The van der Waals surface area contributed by atoms with Gasteiger partial charge in [-0.05, 0) is 41.9 Å². The van der Waals surface area contributed by atoms with Crippen molar-refractivity contribution in [3.63, 3.8) is 0 Å². The quantitative estimate of drug-likeness (QED) is 0.199. The fourth-order valence-corrected chi connectivity index (χ4v) is 5.28. The first-order chi connectivity index (χ1) is 19.8. The fourth-order valence-electron chi connectivity index (χ4n) is 3.74. The molecule has 13 heteroatoms. The number of hydrogen-bond acceptors (Lipinski definition) is 9. The summed E-state index contributed by atoms with van der Waals surface area (Å²) >= 11 is 8.53. The van der Waals surface area contributed by atoms with E-state index in [1.165, 1.54) is 35.9 Å². The van der Waals surface area contributed by atoms with Gasteiger partial charge in [-0.15, -0.1) is 11.3 Å². The Morgan fingerprint density at radius 3 is 2.51 bits per heavy atom. The van der Waals surface area contributed by atoms with Crippen molar-refractivity contribution in [2.75, 3.05) is 5.32 Å². The molecule has 0 saturated heterocycles. The lowest BCUT2D eigenvalue weighted by molar-refractivity contribution is -0.149. The predicted octanol–water partition coefficient (Wildman–Crippen LogP) is 4.24. The second-order valence-corrected chi connectivity index (χ2v) is 11.0. The number of carboxylic acid groups (broad SMARTS) is 1. The van der Waals surface area contributed by atoms with Crippen molar-refractivity contribution in [3.05, 3.63) is 109 Å². The Bertz CT molecular complexity index is 1880. The van der Waals surface area contributed by atoms with Crippen molar-refractivity contribution in [3.8, 4) is 23.1 Å². The summed E-state index contributed by atoms with van der Waals surface area (Å²) < 4.78 is 6.70. The van der Waals surface area contributed by atoms with Crippen LogP contribution in [0.15, 0.2) is 77.2 Å². The fraction of sp³-hybridized carbons (Fsp3) is 0.0714. The van der Waals surface area contributed by atoms with Crippen LogP contribution in [0.2, 0.25) is 4.34 Å². The third-order valence-corrected chi connectivity index (χ3v) is 7.51. The maximum Gasteiger partial charge on any atom is 0.374 e. The van der Waals surface area contributed by atoms with E-state index in [2.05, 4.69) is 26.6 Å². The van der Waals surface area contributed by atoms with E-state index in [0.717, 1.165) is 25.7 Å². The van der Waals surface area contributed by atoms with E-state index >= 15 is 0 Å². The molecule has 41 heavy (non-hydrogen) atoms. The molecule has 0 bridgehead atoms. The summed E-state index contributed by atoms with van der Waals surface area (Å²) in [5.74, 6) is 2.92. The van der Waals surface area contributed by atoms with E-state index in [1.54, 1.807) is 11.4 Å². The number of rotatable bonds is 8. The highest BCUT2D eigenvalue weighted by atomic mass is 35.5. The van der Waals surface area contributed by atoms with E-state index in [0.29, 0.717) is 33.4 Å². The number of halogens is 1. The standard InChI is InChI=1S/C28H18ClN5O5S2/c29-24-9-8-20(41-24)13-30-25-11-22(32-34(25)26(36)19-12-31-40-16-19)21-10-18(7-6-17-4-2-1-3-5-17)14-33(27(21)37)15-23(35)28(38)39/h1-5,8-12,14,16,30H,13,15H2,(H,38,39). The lowest BCUT2D eigenvalue weighted by Gasteiger charge is -2.07. The predicted molar refractivity (Wildman–Crippen MR) is 155 cm³/mol. The number of carbonyl (C=O) groups excluding carboxylic acids is 2. The van der Waals surface area contributed by atoms with E-state index in [4.69, 9.17) is 16.7 Å². The van der Waals surface area contributed by atoms with Gasteiger partial charge >= 0.3 is 5.97 Å². The zero-order valence-corrected chi connectivity index (χ0v) is 23.3. The number of benzene rings is 1. The average Bonchev–Trinajstić information content (AvgIpc) is 3.74. The summed E-state index contributed by atoms with van der Waals surface area (Å²) in [6.07, 6.45) is 2.74. The molecular weight excluding hydrogens is 586 g/mol. The number of nitrogens with zero attached hydrogens (tertiary/aromatic N) is 4. The molecule has 0 amide bonds. The smallest absolute Gasteiger partial charge is 0.374 e. The van der Waals surface area contributed by atoms with Crippen LogP contribution in [-0.4, -0.2) is 41.5 Å². The Morgan fingerprint density at radius 1 is 1.05 bits per heavy atom. The molecule has 0 spiro atoms. The Balaban J connectivity index is 1.60. The van der Waals surface area contributed by atoms with Crippen molar-refractivity contribution >= 4 is 57.9 Å². The average molecular weight is 604 g/mol. The maximum atomic E-state index is 13.4. The Hall–Kier alpha value is -4.83. The number of aromatic nitrogens is 4. The Kier molecular flexibility index (Phi) is 8.21. The van der Waals surface area contributed by atoms with Gasteiger partial charge in [-0.3, -0.25) is 14.4 Å². The van der Waals surface area contributed by atoms with Crippen molar-refractivity contribution in [1.29, 1.82) is 0 Å². The summed E-state index contributed by atoms with van der Waals surface area (Å²) in [7, 11) is 0. The number of anilines is 1. The largest absolute Gasteiger partial charge is 0.475 e. The van der Waals surface area contributed by atoms with Crippen LogP contribution in [0.5, 0.6) is 0 Å². The number of thiophene rings is 1. The molecule has 0 fully saturated rings. The molecule has 5 aromatic rings. The zero-order chi connectivity index (χ0) is 28.9. The molecule has 2 N–H and O–H groups in total. The maximum absolute atomic E-state index is 13.4. The highest BCUT2D eigenvalue weighted by Crippen LogP contribution is 2.25. The van der Waals surface area contributed by atoms with Crippen LogP contribution in [-0.2, 0) is 22.7 Å². The molecule has 0 atom stereocenters. The van der Waals surface area contributed by atoms with Crippen LogP contribution < -0.4 is 10.9 Å². The van der Waals surface area contributed by atoms with Crippen molar-refractivity contribution in [2.24, 2.45) is 0 Å². The van der Waals surface area contributed by atoms with E-state index in [1.807, 2.05) is 36.4 Å². The first-order valence-corrected chi connectivity index (χ1v) is 13.9. The van der Waals surface area contributed by atoms with Gasteiger partial charge in [-0.2, -0.15) is 9.78 Å². The first-order valence-electron chi connectivity index (χ1n) is 11.9. The van der Waals surface area contributed by atoms with Gasteiger partial charge in [0.2, 0.25) is 0 Å². The second kappa shape index (κ2) is 12.1. The SMILES string of the molecule is O=C(O)C(=O)Cn1cc(C#Cc2ccccc2)cc(-c2cc(NCc3ccc(Cl)s3)n(C(=O)c3cnsc3)n2)c1=O. The third kappa shape index (κ3) is 6.50. The van der Waals surface area contributed by atoms with Gasteiger partial charge in [0.1, 0.15) is 11.5 Å². The number of nitrogens with one attached hydrogen (secondary N) is 1. The summed E-state index contributed by atoms with van der Waals surface area (Å²) in [6, 6.07) is 15.8. The van der Waals surface area contributed by atoms with Crippen LogP contribution in [0.25, 0.3) is 11.3 Å². The van der Waals surface area contributed by atoms with E-state index < -0.39 is 29.8 Å². The number of aliphatic carboxylic acids is 1. The van der Waals surface area contributed by atoms with Gasteiger partial charge in [0.15, 0.2) is 0 Å². The van der Waals surface area contributed by atoms with Crippen LogP contribution in [0.4, 0.5) is 5.82 Å². The second-order valence-electron chi connectivity index (χ2n) is 8.52. The zero-order valence-electron chi connectivity index (χ0n) is 20.9. The molecule has 5 rings (SSSR count). The van der Waals surface area contributed by atoms with E-state index in [-0.39, 0.29) is 11.3 Å². The molecule has 0 aliphatic heterocycles. The van der Waals surface area contributed by atoms with Crippen molar-refractivity contribution < 1.29 is 19.5 Å². The first kappa shape index (κ1) is 27.7. The summed E-state index contributed by atoms with van der Waals surface area (Å²) in [5, 5.41) is 18.3. The van der Waals surface area contributed by atoms with Crippen LogP contribution in [0.3, 0.4) is 0 Å². The molecule has 0 aliphatic carbocycles. The molecule has 0 saturated carbocycles. The van der Waals surface area contributed by atoms with Gasteiger partial charge in [0, 0.05) is 33.6 Å². The molecule has 0 unspecified atom stereocenters. The topological polar surface area (TPSA) is 136 Å². The molecule has 4 aromatic heterocycles. The molecule has 0 radical (unpaired) electrons. The minimum Gasteiger partial charge on any atom is -0.475 e. The number of Topliss-reactive ketones (excluding diaryl/α,β-unsaturated/α-hetero) is 1. The number of pyridine rings is 1. The molecule has 0 aliphatic rings. The molecule has 4 heterocycles. The molecule has 10 nitrogen and oxygen atoms in total. The number of hydrogen-bond donors (Lipinski definition) is 2. The van der Waals surface area contributed by atoms with Gasteiger partial charge in [-0.1, -0.05) is 41.6 Å². The third-order valence-electron chi connectivity index (χ3n) is 5.69. The Labute approximate surface area is 245 Å². The lowest BCUT2D eigenvalue weighted by Crippen LogP contribution is -2.29. The van der Waals surface area contributed by atoms with E-state index in [9.17, 15) is 19.2 Å². The minimum atomic E-state index is -1.67. The molecule has 1 aromatic carbocycles. The highest BCUT2D eigenvalue weighted by molar-refractivity contribution is 7.16. The minimum absolute atomic E-state index is 0.0280. The summed E-state index contributed by atoms with van der Waals surface area (Å²) in [5.41, 5.74) is 0.841. The van der Waals surface area contributed by atoms with Crippen molar-refractivity contribution in [1.82, 2.24) is 18.7 Å². The number of carbonyl (C=O) groups is 3. The highest BCUT2D eigenvalue weighted by Gasteiger charge is 2.22. The number of ketones is 1. The van der Waals surface area contributed by atoms with Gasteiger partial charge < -0.3 is 15.0 Å². The summed E-state index contributed by atoms with van der Waals surface area (Å²) in [6.45, 7) is -0.371. The summed E-state index contributed by atoms with van der Waals surface area (Å²) in [4.78, 5) is 50.9. The van der Waals surface area contributed by atoms with Crippen LogP contribution in [0, 0.1) is 11.8 Å². The normalized spacial score (nSPS) is 10.6. The van der Waals surface area contributed by atoms with Gasteiger partial charge in [0.05, 0.1) is 34.7 Å². The van der Waals surface area contributed by atoms with Gasteiger partial charge in [-0.25, -0.2) is 9.17 Å². The van der Waals surface area contributed by atoms with Crippen LogP contribution in [0.1, 0.15) is 26.4 Å². The monoisotopic (exact) mass is 603 g/mol. The Morgan fingerprint density at radius 2 is 1.83 bits per heavy atom.